The topological polar surface area (TPSA) is 21.6 Å². The molecule has 2 nitrogen and oxygen atoms in total. The average Bonchev–Trinajstić information content (AvgIpc) is 2.40. The van der Waals surface area contributed by atoms with Gasteiger partial charge >= 0.3 is 0 Å². The van der Waals surface area contributed by atoms with E-state index < -0.39 is 0 Å². The molecule has 0 N–H and O–H groups in total. The van der Waals surface area contributed by atoms with E-state index in [2.05, 4.69) is 36.3 Å². The first-order chi connectivity index (χ1) is 8.79. The van der Waals surface area contributed by atoms with Gasteiger partial charge in [0.15, 0.2) is 0 Å². The Morgan fingerprint density at radius 2 is 2.00 bits per heavy atom. The van der Waals surface area contributed by atoms with Gasteiger partial charge in [-0.15, -0.1) is 0 Å². The number of oxime groups is 1. The highest BCUT2D eigenvalue weighted by Crippen LogP contribution is 2.25. The van der Waals surface area contributed by atoms with Gasteiger partial charge in [-0.1, -0.05) is 41.4 Å². The van der Waals surface area contributed by atoms with Crippen molar-refractivity contribution in [2.24, 2.45) is 11.1 Å². The quantitative estimate of drug-likeness (QED) is 0.731. The molecule has 1 aromatic carbocycles. The molecule has 0 amide bonds. The maximum absolute atomic E-state index is 5.25. The van der Waals surface area contributed by atoms with Gasteiger partial charge in [0.1, 0.15) is 6.61 Å². The average molecular weight is 245 g/mol. The number of hydrogen-bond donors (Lipinski definition) is 0. The molecule has 2 heteroatoms. The predicted molar refractivity (Wildman–Crippen MR) is 75.9 cm³/mol. The van der Waals surface area contributed by atoms with Crippen LogP contribution in [0.3, 0.4) is 0 Å². The molecule has 1 fully saturated rings. The van der Waals surface area contributed by atoms with Gasteiger partial charge in [-0.2, -0.15) is 0 Å². The van der Waals surface area contributed by atoms with Gasteiger partial charge in [-0.25, -0.2) is 0 Å². The molecule has 0 saturated heterocycles. The van der Waals surface area contributed by atoms with Crippen LogP contribution in [0.4, 0.5) is 0 Å². The molecule has 18 heavy (non-hydrogen) atoms. The smallest absolute Gasteiger partial charge is 0.114 e. The van der Waals surface area contributed by atoms with Crippen molar-refractivity contribution < 1.29 is 4.84 Å². The molecule has 98 valence electrons. The molecule has 0 aromatic heterocycles. The van der Waals surface area contributed by atoms with Gasteiger partial charge in [-0.3, -0.25) is 0 Å². The SMILES string of the molecule is CCON=C1CCCCC1Cc1ccc(C)cc1. The minimum Gasteiger partial charge on any atom is -0.396 e. The fourth-order valence-electron chi connectivity index (χ4n) is 2.56. The second-order valence-electron chi connectivity index (χ2n) is 5.13. The standard InChI is InChI=1S/C16H23NO/c1-3-18-17-16-7-5-4-6-15(16)12-14-10-8-13(2)9-11-14/h8-11,15H,3-7,12H2,1-2H3. The summed E-state index contributed by atoms with van der Waals surface area (Å²) in [4.78, 5) is 5.25. The van der Waals surface area contributed by atoms with Crippen LogP contribution in [0.25, 0.3) is 0 Å². The summed E-state index contributed by atoms with van der Waals surface area (Å²) < 4.78 is 0. The van der Waals surface area contributed by atoms with Gasteiger partial charge in [0.25, 0.3) is 0 Å². The van der Waals surface area contributed by atoms with Crippen LogP contribution in [0.5, 0.6) is 0 Å². The minimum absolute atomic E-state index is 0.577. The summed E-state index contributed by atoms with van der Waals surface area (Å²) in [6, 6.07) is 8.86. The molecule has 0 heterocycles. The Kier molecular flexibility index (Phi) is 4.80. The molecule has 0 bridgehead atoms. The Morgan fingerprint density at radius 3 is 2.72 bits per heavy atom. The summed E-state index contributed by atoms with van der Waals surface area (Å²) in [5, 5.41) is 4.31. The zero-order valence-corrected chi connectivity index (χ0v) is 11.5. The third kappa shape index (κ3) is 3.59. The van der Waals surface area contributed by atoms with Crippen LogP contribution in [0.2, 0.25) is 0 Å². The van der Waals surface area contributed by atoms with E-state index in [1.165, 1.54) is 36.1 Å². The monoisotopic (exact) mass is 245 g/mol. The number of hydrogen-bond acceptors (Lipinski definition) is 2. The molecular weight excluding hydrogens is 222 g/mol. The zero-order chi connectivity index (χ0) is 12.8. The van der Waals surface area contributed by atoms with Crippen molar-refractivity contribution in [3.8, 4) is 0 Å². The highest BCUT2D eigenvalue weighted by atomic mass is 16.6. The summed E-state index contributed by atoms with van der Waals surface area (Å²) in [5.41, 5.74) is 4.01. The first kappa shape index (κ1) is 13.1. The van der Waals surface area contributed by atoms with E-state index in [-0.39, 0.29) is 0 Å². The van der Waals surface area contributed by atoms with Gasteiger partial charge in [-0.05, 0) is 45.1 Å². The van der Waals surface area contributed by atoms with Crippen molar-refractivity contribution in [1.82, 2.24) is 0 Å². The first-order valence-electron chi connectivity index (χ1n) is 7.04. The van der Waals surface area contributed by atoms with E-state index in [0.717, 1.165) is 12.8 Å². The van der Waals surface area contributed by atoms with E-state index in [1.54, 1.807) is 0 Å². The van der Waals surface area contributed by atoms with Crippen LogP contribution >= 0.6 is 0 Å². The van der Waals surface area contributed by atoms with Gasteiger partial charge in [0, 0.05) is 5.92 Å². The molecule has 1 aliphatic carbocycles. The Hall–Kier alpha value is -1.31. The third-order valence-electron chi connectivity index (χ3n) is 3.62. The molecule has 1 aromatic rings. The zero-order valence-electron chi connectivity index (χ0n) is 11.5. The Balaban J connectivity index is 2.03. The minimum atomic E-state index is 0.577. The van der Waals surface area contributed by atoms with Gasteiger partial charge in [0.2, 0.25) is 0 Å². The number of rotatable bonds is 4. The van der Waals surface area contributed by atoms with Gasteiger partial charge < -0.3 is 4.84 Å². The van der Waals surface area contributed by atoms with Crippen LogP contribution in [-0.4, -0.2) is 12.3 Å². The summed E-state index contributed by atoms with van der Waals surface area (Å²) >= 11 is 0. The van der Waals surface area contributed by atoms with Crippen molar-refractivity contribution in [1.29, 1.82) is 0 Å². The predicted octanol–water partition coefficient (Wildman–Crippen LogP) is 4.12. The highest BCUT2D eigenvalue weighted by molar-refractivity contribution is 5.87. The van der Waals surface area contributed by atoms with Crippen molar-refractivity contribution in [2.75, 3.05) is 6.61 Å². The van der Waals surface area contributed by atoms with Crippen molar-refractivity contribution in [2.45, 2.75) is 46.0 Å². The second-order valence-corrected chi connectivity index (χ2v) is 5.13. The Bertz CT molecular complexity index is 394. The normalized spacial score (nSPS) is 22.1. The number of aryl methyl sites for hydroxylation is 1. The largest absolute Gasteiger partial charge is 0.396 e. The maximum atomic E-state index is 5.25. The van der Waals surface area contributed by atoms with Crippen LogP contribution in [0.1, 0.15) is 43.7 Å². The van der Waals surface area contributed by atoms with Crippen molar-refractivity contribution in [3.05, 3.63) is 35.4 Å². The second kappa shape index (κ2) is 6.58. The number of benzene rings is 1. The fraction of sp³-hybridized carbons (Fsp3) is 0.562. The van der Waals surface area contributed by atoms with E-state index >= 15 is 0 Å². The van der Waals surface area contributed by atoms with Crippen LogP contribution in [0.15, 0.2) is 29.4 Å². The molecule has 1 unspecified atom stereocenters. The van der Waals surface area contributed by atoms with Crippen molar-refractivity contribution in [3.63, 3.8) is 0 Å². The molecule has 2 rings (SSSR count). The molecule has 0 radical (unpaired) electrons. The molecule has 1 saturated carbocycles. The first-order valence-corrected chi connectivity index (χ1v) is 7.04. The van der Waals surface area contributed by atoms with E-state index in [9.17, 15) is 0 Å². The Labute approximate surface area is 110 Å². The molecular formula is C16H23NO. The summed E-state index contributed by atoms with van der Waals surface area (Å²) in [5.74, 6) is 0.577. The number of nitrogens with zero attached hydrogens (tertiary/aromatic N) is 1. The maximum Gasteiger partial charge on any atom is 0.114 e. The van der Waals surface area contributed by atoms with Gasteiger partial charge in [0.05, 0.1) is 5.71 Å². The van der Waals surface area contributed by atoms with E-state index in [0.29, 0.717) is 12.5 Å². The highest BCUT2D eigenvalue weighted by Gasteiger charge is 2.21. The molecule has 1 atom stereocenters. The summed E-state index contributed by atoms with van der Waals surface area (Å²) in [7, 11) is 0. The third-order valence-corrected chi connectivity index (χ3v) is 3.62. The summed E-state index contributed by atoms with van der Waals surface area (Å²) in [6.07, 6.45) is 6.04. The van der Waals surface area contributed by atoms with Crippen LogP contribution in [-0.2, 0) is 11.3 Å². The van der Waals surface area contributed by atoms with E-state index in [1.807, 2.05) is 6.92 Å². The molecule has 1 aliphatic rings. The summed E-state index contributed by atoms with van der Waals surface area (Å²) in [6.45, 7) is 4.79. The van der Waals surface area contributed by atoms with Crippen LogP contribution in [0, 0.1) is 12.8 Å². The lowest BCUT2D eigenvalue weighted by Crippen LogP contribution is -2.22. The lowest BCUT2D eigenvalue weighted by molar-refractivity contribution is 0.155. The fourth-order valence-corrected chi connectivity index (χ4v) is 2.56. The van der Waals surface area contributed by atoms with E-state index in [4.69, 9.17) is 4.84 Å². The lowest BCUT2D eigenvalue weighted by atomic mass is 9.83. The lowest BCUT2D eigenvalue weighted by Gasteiger charge is -2.23. The van der Waals surface area contributed by atoms with Crippen molar-refractivity contribution >= 4 is 5.71 Å². The van der Waals surface area contributed by atoms with Crippen LogP contribution < -0.4 is 0 Å². The molecule has 0 spiro atoms. The molecule has 0 aliphatic heterocycles. The Morgan fingerprint density at radius 1 is 1.22 bits per heavy atom.